The van der Waals surface area contributed by atoms with E-state index in [2.05, 4.69) is 0 Å². The van der Waals surface area contributed by atoms with E-state index in [0.29, 0.717) is 24.5 Å². The summed E-state index contributed by atoms with van der Waals surface area (Å²) in [5, 5.41) is 8.80. The van der Waals surface area contributed by atoms with E-state index in [1.165, 1.54) is 24.1 Å². The monoisotopic (exact) mass is 398 g/mol. The molecule has 1 unspecified atom stereocenters. The topological polar surface area (TPSA) is 61.8 Å². The van der Waals surface area contributed by atoms with Gasteiger partial charge in [-0.3, -0.25) is 10.0 Å². The number of nitrogens with one attached hydrogen (secondary N) is 1. The van der Waals surface area contributed by atoms with Gasteiger partial charge in [0, 0.05) is 12.3 Å². The average molecular weight is 398 g/mol. The van der Waals surface area contributed by atoms with Crippen LogP contribution in [0.2, 0.25) is 0 Å². The molecule has 0 spiro atoms. The fraction of sp³-hybridized carbons (Fsp3) is 0.278. The summed E-state index contributed by atoms with van der Waals surface area (Å²) in [5.74, 6) is 1.18. The first kappa shape index (κ1) is 19.5. The van der Waals surface area contributed by atoms with Crippen molar-refractivity contribution in [3.63, 3.8) is 0 Å². The van der Waals surface area contributed by atoms with Crippen LogP contribution in [0.25, 0.3) is 0 Å². The van der Waals surface area contributed by atoms with Crippen LogP contribution in [0.4, 0.5) is 13.2 Å². The summed E-state index contributed by atoms with van der Waals surface area (Å²) in [6, 6.07) is 11.2. The molecule has 1 aliphatic heterocycles. The fourth-order valence-corrected chi connectivity index (χ4v) is 3.88. The number of hydroxylamine groups is 1. The van der Waals surface area contributed by atoms with Crippen LogP contribution in [0.1, 0.15) is 17.5 Å². The number of rotatable bonds is 5. The first-order chi connectivity index (χ1) is 12.9. The zero-order valence-electron chi connectivity index (χ0n) is 14.1. The Morgan fingerprint density at radius 2 is 1.74 bits per heavy atom. The molecule has 0 aromatic heterocycles. The van der Waals surface area contributed by atoms with Crippen molar-refractivity contribution >= 4 is 17.9 Å². The summed E-state index contributed by atoms with van der Waals surface area (Å²) >= 11 is 1.54. The highest BCUT2D eigenvalue weighted by Crippen LogP contribution is 2.32. The van der Waals surface area contributed by atoms with Crippen LogP contribution in [-0.2, 0) is 17.5 Å². The predicted octanol–water partition coefficient (Wildman–Crippen LogP) is 4.23. The molecule has 2 aromatic carbocycles. The maximum absolute atomic E-state index is 12.6. The molecule has 3 rings (SSSR count). The number of alkyl halides is 3. The van der Waals surface area contributed by atoms with Gasteiger partial charge in [0.15, 0.2) is 0 Å². The minimum Gasteiger partial charge on any atom is -0.457 e. The highest BCUT2D eigenvalue weighted by atomic mass is 32.2. The summed E-state index contributed by atoms with van der Waals surface area (Å²) in [4.78, 5) is 11.7. The maximum Gasteiger partial charge on any atom is 0.416 e. The van der Waals surface area contributed by atoms with Crippen LogP contribution >= 0.6 is 11.9 Å². The minimum atomic E-state index is -4.38. The lowest BCUT2D eigenvalue weighted by Gasteiger charge is -2.21. The SMILES string of the molecule is O=C(NO)C1CCSN1Cc1ccc(Oc2ccc(C(F)(F)F)cc2)cc1. The van der Waals surface area contributed by atoms with E-state index in [1.807, 2.05) is 16.4 Å². The molecule has 1 atom stereocenters. The maximum atomic E-state index is 12.6. The molecule has 5 nitrogen and oxygen atoms in total. The Balaban J connectivity index is 1.61. The molecular weight excluding hydrogens is 381 g/mol. The second kappa shape index (κ2) is 8.20. The Kier molecular flexibility index (Phi) is 5.93. The third kappa shape index (κ3) is 4.94. The molecule has 1 heterocycles. The quantitative estimate of drug-likeness (QED) is 0.449. The standard InChI is InChI=1S/C18H17F3N2O3S/c19-18(20,21)13-3-7-15(8-4-13)26-14-5-1-12(2-6-14)11-23-16(9-10-27-23)17(24)22-25/h1-8,16,25H,9-11H2,(H,22,24). The number of amides is 1. The molecule has 0 radical (unpaired) electrons. The van der Waals surface area contributed by atoms with Crippen molar-refractivity contribution in [3.05, 3.63) is 59.7 Å². The highest BCUT2D eigenvalue weighted by molar-refractivity contribution is 7.97. The Morgan fingerprint density at radius 1 is 1.15 bits per heavy atom. The van der Waals surface area contributed by atoms with E-state index < -0.39 is 17.6 Å². The van der Waals surface area contributed by atoms with Gasteiger partial charge in [0.1, 0.15) is 17.5 Å². The largest absolute Gasteiger partial charge is 0.457 e. The molecule has 27 heavy (non-hydrogen) atoms. The number of nitrogens with zero attached hydrogens (tertiary/aromatic N) is 1. The van der Waals surface area contributed by atoms with Gasteiger partial charge in [0.25, 0.3) is 5.91 Å². The number of ether oxygens (including phenoxy) is 1. The third-order valence-corrected chi connectivity index (χ3v) is 5.22. The Bertz CT molecular complexity index is 782. The first-order valence-electron chi connectivity index (χ1n) is 8.14. The second-order valence-electron chi connectivity index (χ2n) is 5.96. The minimum absolute atomic E-state index is 0.311. The number of carbonyl (C=O) groups is 1. The third-order valence-electron chi connectivity index (χ3n) is 4.09. The lowest BCUT2D eigenvalue weighted by Crippen LogP contribution is -2.39. The molecule has 1 aliphatic rings. The lowest BCUT2D eigenvalue weighted by molar-refractivity contribution is -0.137. The molecule has 2 aromatic rings. The van der Waals surface area contributed by atoms with Crippen LogP contribution in [0.3, 0.4) is 0 Å². The second-order valence-corrected chi connectivity index (χ2v) is 7.09. The van der Waals surface area contributed by atoms with Gasteiger partial charge in [-0.1, -0.05) is 24.1 Å². The van der Waals surface area contributed by atoms with Crippen molar-refractivity contribution in [2.75, 3.05) is 5.75 Å². The smallest absolute Gasteiger partial charge is 0.416 e. The van der Waals surface area contributed by atoms with Gasteiger partial charge in [-0.25, -0.2) is 9.79 Å². The predicted molar refractivity (Wildman–Crippen MR) is 94.3 cm³/mol. The normalized spacial score (nSPS) is 17.7. The zero-order chi connectivity index (χ0) is 19.4. The van der Waals surface area contributed by atoms with Gasteiger partial charge in [0.05, 0.1) is 5.56 Å². The van der Waals surface area contributed by atoms with E-state index in [1.54, 1.807) is 17.6 Å². The number of benzene rings is 2. The summed E-state index contributed by atoms with van der Waals surface area (Å²) in [6.45, 7) is 0.517. The van der Waals surface area contributed by atoms with E-state index in [-0.39, 0.29) is 6.04 Å². The summed E-state index contributed by atoms with van der Waals surface area (Å²) in [6.07, 6.45) is -3.72. The van der Waals surface area contributed by atoms with E-state index in [4.69, 9.17) is 9.94 Å². The van der Waals surface area contributed by atoms with Gasteiger partial charge in [-0.2, -0.15) is 13.2 Å². The summed E-state index contributed by atoms with van der Waals surface area (Å²) in [7, 11) is 0. The van der Waals surface area contributed by atoms with Crippen LogP contribution in [0.15, 0.2) is 48.5 Å². The number of halogens is 3. The van der Waals surface area contributed by atoms with Crippen molar-refractivity contribution in [1.82, 2.24) is 9.79 Å². The van der Waals surface area contributed by atoms with Crippen molar-refractivity contribution < 1.29 is 27.9 Å². The van der Waals surface area contributed by atoms with Crippen LogP contribution in [0, 0.1) is 0 Å². The molecule has 2 N–H and O–H groups in total. The Morgan fingerprint density at radius 3 is 2.30 bits per heavy atom. The molecule has 9 heteroatoms. The van der Waals surface area contributed by atoms with Crippen LogP contribution in [0.5, 0.6) is 11.5 Å². The molecule has 1 amide bonds. The van der Waals surface area contributed by atoms with Crippen molar-refractivity contribution in [2.24, 2.45) is 0 Å². The van der Waals surface area contributed by atoms with Crippen molar-refractivity contribution in [2.45, 2.75) is 25.2 Å². The molecular formula is C18H17F3N2O3S. The molecule has 0 aliphatic carbocycles. The van der Waals surface area contributed by atoms with Gasteiger partial charge >= 0.3 is 6.18 Å². The van der Waals surface area contributed by atoms with Gasteiger partial charge in [0.2, 0.25) is 0 Å². The zero-order valence-corrected chi connectivity index (χ0v) is 14.9. The van der Waals surface area contributed by atoms with Gasteiger partial charge in [-0.05, 0) is 48.4 Å². The summed E-state index contributed by atoms with van der Waals surface area (Å²) in [5.41, 5.74) is 1.91. The van der Waals surface area contributed by atoms with Gasteiger partial charge in [-0.15, -0.1) is 0 Å². The first-order valence-corrected chi connectivity index (χ1v) is 9.08. The molecule has 144 valence electrons. The van der Waals surface area contributed by atoms with Crippen molar-refractivity contribution in [1.29, 1.82) is 0 Å². The molecule has 1 saturated heterocycles. The lowest BCUT2D eigenvalue weighted by atomic mass is 10.1. The Hall–Kier alpha value is -2.23. The number of carbonyl (C=O) groups excluding carboxylic acids is 1. The molecule has 0 bridgehead atoms. The van der Waals surface area contributed by atoms with E-state index >= 15 is 0 Å². The van der Waals surface area contributed by atoms with E-state index in [9.17, 15) is 18.0 Å². The van der Waals surface area contributed by atoms with Crippen LogP contribution in [-0.4, -0.2) is 27.2 Å². The van der Waals surface area contributed by atoms with Crippen molar-refractivity contribution in [3.8, 4) is 11.5 Å². The number of hydrogen-bond acceptors (Lipinski definition) is 5. The molecule has 1 fully saturated rings. The Labute approximate surface area is 158 Å². The van der Waals surface area contributed by atoms with E-state index in [0.717, 1.165) is 23.4 Å². The fourth-order valence-electron chi connectivity index (χ4n) is 2.70. The highest BCUT2D eigenvalue weighted by Gasteiger charge is 2.31. The average Bonchev–Trinajstić information content (AvgIpc) is 3.10. The molecule has 0 saturated carbocycles. The number of hydrogen-bond donors (Lipinski definition) is 2. The van der Waals surface area contributed by atoms with Gasteiger partial charge < -0.3 is 4.74 Å². The summed E-state index contributed by atoms with van der Waals surface area (Å²) < 4.78 is 45.2. The van der Waals surface area contributed by atoms with Crippen LogP contribution < -0.4 is 10.2 Å².